The number of thiophene rings is 1. The number of esters is 1. The molecule has 1 saturated heterocycles. The fourth-order valence-electron chi connectivity index (χ4n) is 2.33. The molecule has 1 aliphatic rings. The lowest BCUT2D eigenvalue weighted by Gasteiger charge is -2.27. The van der Waals surface area contributed by atoms with Gasteiger partial charge in [-0.05, 0) is 23.6 Å². The van der Waals surface area contributed by atoms with Crippen molar-refractivity contribution in [3.05, 3.63) is 46.3 Å². The normalized spacial score (nSPS) is 13.7. The number of carbonyl (C=O) groups is 3. The number of hydrogen-bond donors (Lipinski definition) is 2. The highest BCUT2D eigenvalue weighted by Crippen LogP contribution is 2.13. The van der Waals surface area contributed by atoms with Crippen LogP contribution in [0.25, 0.3) is 0 Å². The predicted molar refractivity (Wildman–Crippen MR) is 97.5 cm³/mol. The molecule has 2 aromatic heterocycles. The zero-order valence-electron chi connectivity index (χ0n) is 14.3. The van der Waals surface area contributed by atoms with E-state index in [9.17, 15) is 14.4 Å². The Kier molecular flexibility index (Phi) is 6.34. The second-order valence-electron chi connectivity index (χ2n) is 5.56. The van der Waals surface area contributed by atoms with Gasteiger partial charge >= 0.3 is 5.97 Å². The Morgan fingerprint density at radius 2 is 2.00 bits per heavy atom. The molecule has 0 saturated carbocycles. The molecule has 1 aliphatic heterocycles. The van der Waals surface area contributed by atoms with E-state index in [-0.39, 0.29) is 5.56 Å². The van der Waals surface area contributed by atoms with E-state index >= 15 is 0 Å². The number of morpholine rings is 1. The number of ether oxygens (including phenoxy) is 2. The first-order valence-corrected chi connectivity index (χ1v) is 9.10. The number of anilines is 1. The molecule has 3 heterocycles. The number of rotatable bonds is 5. The van der Waals surface area contributed by atoms with Crippen LogP contribution >= 0.6 is 11.3 Å². The van der Waals surface area contributed by atoms with Crippen molar-refractivity contribution in [1.82, 2.24) is 15.8 Å². The third-order valence-corrected chi connectivity index (χ3v) is 4.58. The van der Waals surface area contributed by atoms with E-state index in [0.29, 0.717) is 18.1 Å². The summed E-state index contributed by atoms with van der Waals surface area (Å²) in [4.78, 5) is 42.1. The van der Waals surface area contributed by atoms with Gasteiger partial charge in [-0.15, -0.1) is 11.3 Å². The zero-order valence-corrected chi connectivity index (χ0v) is 15.2. The van der Waals surface area contributed by atoms with Crippen LogP contribution in [-0.2, 0) is 14.3 Å². The molecule has 2 N–H and O–H groups in total. The lowest BCUT2D eigenvalue weighted by atomic mass is 10.2. The van der Waals surface area contributed by atoms with Crippen molar-refractivity contribution in [2.45, 2.75) is 0 Å². The molecule has 10 heteroatoms. The Morgan fingerprint density at radius 3 is 2.67 bits per heavy atom. The molecule has 0 aromatic carbocycles. The van der Waals surface area contributed by atoms with E-state index in [1.807, 2.05) is 0 Å². The lowest BCUT2D eigenvalue weighted by Crippen LogP contribution is -2.43. The van der Waals surface area contributed by atoms with Crippen LogP contribution in [-0.4, -0.2) is 55.7 Å². The molecular formula is C17H18N4O5S. The molecule has 2 amide bonds. The Morgan fingerprint density at radius 1 is 1.19 bits per heavy atom. The number of hydrogen-bond acceptors (Lipinski definition) is 8. The maximum atomic E-state index is 12.0. The van der Waals surface area contributed by atoms with Crippen LogP contribution < -0.4 is 15.8 Å². The van der Waals surface area contributed by atoms with Crippen LogP contribution in [0.3, 0.4) is 0 Å². The Labute approximate surface area is 159 Å². The lowest BCUT2D eigenvalue weighted by molar-refractivity contribution is -0.125. The highest BCUT2D eigenvalue weighted by Gasteiger charge is 2.15. The van der Waals surface area contributed by atoms with Crippen LogP contribution in [0.5, 0.6) is 0 Å². The van der Waals surface area contributed by atoms with Gasteiger partial charge in [0.05, 0.1) is 23.7 Å². The van der Waals surface area contributed by atoms with Crippen LogP contribution in [0, 0.1) is 0 Å². The average Bonchev–Trinajstić information content (AvgIpc) is 3.26. The standard InChI is InChI=1S/C17H18N4O5S/c22-15(19-20-16(23)13-2-1-9-27-13)11-26-17(24)12-3-4-14(18-10-12)21-5-7-25-8-6-21/h1-4,9-10H,5-8,11H2,(H,19,22)(H,20,23). The summed E-state index contributed by atoms with van der Waals surface area (Å²) in [6, 6.07) is 6.67. The number of nitrogens with one attached hydrogen (secondary N) is 2. The third-order valence-electron chi connectivity index (χ3n) is 3.71. The van der Waals surface area contributed by atoms with E-state index in [2.05, 4.69) is 20.7 Å². The molecule has 0 aliphatic carbocycles. The second-order valence-corrected chi connectivity index (χ2v) is 6.51. The molecule has 3 rings (SSSR count). The predicted octanol–water partition coefficient (Wildman–Crippen LogP) is 0.598. The molecule has 0 unspecified atom stereocenters. The zero-order chi connectivity index (χ0) is 19.1. The van der Waals surface area contributed by atoms with Gasteiger partial charge in [-0.25, -0.2) is 9.78 Å². The number of amides is 2. The van der Waals surface area contributed by atoms with Crippen molar-refractivity contribution in [3.63, 3.8) is 0 Å². The highest BCUT2D eigenvalue weighted by molar-refractivity contribution is 7.12. The molecule has 2 aromatic rings. The number of hydrazine groups is 1. The third kappa shape index (κ3) is 5.25. The van der Waals surface area contributed by atoms with Gasteiger partial charge in [0, 0.05) is 19.3 Å². The number of carbonyl (C=O) groups excluding carboxylic acids is 3. The minimum Gasteiger partial charge on any atom is -0.452 e. The molecule has 142 valence electrons. The average molecular weight is 390 g/mol. The molecule has 0 spiro atoms. The molecule has 0 radical (unpaired) electrons. The van der Waals surface area contributed by atoms with Crippen molar-refractivity contribution in [2.24, 2.45) is 0 Å². The molecular weight excluding hydrogens is 372 g/mol. The summed E-state index contributed by atoms with van der Waals surface area (Å²) in [5.41, 5.74) is 4.67. The van der Waals surface area contributed by atoms with Crippen molar-refractivity contribution < 1.29 is 23.9 Å². The van der Waals surface area contributed by atoms with E-state index in [1.165, 1.54) is 17.5 Å². The van der Waals surface area contributed by atoms with Gasteiger partial charge in [0.1, 0.15) is 5.82 Å². The SMILES string of the molecule is O=C(COC(=O)c1ccc(N2CCOCC2)nc1)NNC(=O)c1cccs1. The molecule has 9 nitrogen and oxygen atoms in total. The topological polar surface area (TPSA) is 110 Å². The minimum atomic E-state index is -0.671. The summed E-state index contributed by atoms with van der Waals surface area (Å²) in [7, 11) is 0. The Hall–Kier alpha value is -2.98. The van der Waals surface area contributed by atoms with E-state index in [4.69, 9.17) is 9.47 Å². The van der Waals surface area contributed by atoms with Gasteiger partial charge in [0.25, 0.3) is 11.8 Å². The van der Waals surface area contributed by atoms with E-state index in [0.717, 1.165) is 18.9 Å². The van der Waals surface area contributed by atoms with Gasteiger partial charge in [0.15, 0.2) is 6.61 Å². The van der Waals surface area contributed by atoms with E-state index < -0.39 is 24.4 Å². The van der Waals surface area contributed by atoms with Crippen LogP contribution in [0.15, 0.2) is 35.8 Å². The van der Waals surface area contributed by atoms with Crippen molar-refractivity contribution >= 4 is 34.9 Å². The summed E-state index contributed by atoms with van der Waals surface area (Å²) >= 11 is 1.24. The van der Waals surface area contributed by atoms with Gasteiger partial charge in [0.2, 0.25) is 0 Å². The summed E-state index contributed by atoms with van der Waals surface area (Å²) in [5, 5.41) is 1.75. The smallest absolute Gasteiger partial charge is 0.340 e. The monoisotopic (exact) mass is 390 g/mol. The summed E-state index contributed by atoms with van der Waals surface area (Å²) in [6.07, 6.45) is 1.41. The van der Waals surface area contributed by atoms with Crippen molar-refractivity contribution in [3.8, 4) is 0 Å². The maximum Gasteiger partial charge on any atom is 0.340 e. The summed E-state index contributed by atoms with van der Waals surface area (Å²) in [5.74, 6) is -1.00. The summed E-state index contributed by atoms with van der Waals surface area (Å²) in [6.45, 7) is 2.25. The number of aromatic nitrogens is 1. The van der Waals surface area contributed by atoms with Crippen LogP contribution in [0.2, 0.25) is 0 Å². The number of pyridine rings is 1. The highest BCUT2D eigenvalue weighted by atomic mass is 32.1. The second kappa shape index (κ2) is 9.10. The fraction of sp³-hybridized carbons (Fsp3) is 0.294. The minimum absolute atomic E-state index is 0.238. The number of nitrogens with zero attached hydrogens (tertiary/aromatic N) is 2. The molecule has 0 atom stereocenters. The quantitative estimate of drug-likeness (QED) is 0.568. The van der Waals surface area contributed by atoms with Gasteiger partial charge < -0.3 is 14.4 Å². The van der Waals surface area contributed by atoms with Crippen molar-refractivity contribution in [1.29, 1.82) is 0 Å². The van der Waals surface area contributed by atoms with Gasteiger partial charge in [-0.1, -0.05) is 6.07 Å². The summed E-state index contributed by atoms with van der Waals surface area (Å²) < 4.78 is 10.2. The van der Waals surface area contributed by atoms with E-state index in [1.54, 1.807) is 29.6 Å². The molecule has 1 fully saturated rings. The largest absolute Gasteiger partial charge is 0.452 e. The first-order valence-electron chi connectivity index (χ1n) is 8.22. The molecule has 27 heavy (non-hydrogen) atoms. The van der Waals surface area contributed by atoms with Crippen molar-refractivity contribution in [2.75, 3.05) is 37.8 Å². The van der Waals surface area contributed by atoms with Crippen LogP contribution in [0.4, 0.5) is 5.82 Å². The molecule has 0 bridgehead atoms. The van der Waals surface area contributed by atoms with Gasteiger partial charge in [-0.3, -0.25) is 20.4 Å². The fourth-order valence-corrected chi connectivity index (χ4v) is 2.95. The van der Waals surface area contributed by atoms with Crippen LogP contribution in [0.1, 0.15) is 20.0 Å². The maximum absolute atomic E-state index is 12.0. The first kappa shape index (κ1) is 18.8. The van der Waals surface area contributed by atoms with Gasteiger partial charge in [-0.2, -0.15) is 0 Å². The Balaban J connectivity index is 1.43. The first-order chi connectivity index (χ1) is 13.1. The Bertz CT molecular complexity index is 788.